The van der Waals surface area contributed by atoms with Crippen molar-refractivity contribution in [3.05, 3.63) is 30.3 Å². The Balaban J connectivity index is 3.02. The van der Waals surface area contributed by atoms with Crippen molar-refractivity contribution in [3.63, 3.8) is 0 Å². The summed E-state index contributed by atoms with van der Waals surface area (Å²) in [4.78, 5) is 0. The van der Waals surface area contributed by atoms with Crippen LogP contribution in [0.25, 0.3) is 0 Å². The summed E-state index contributed by atoms with van der Waals surface area (Å²) in [7, 11) is 0. The van der Waals surface area contributed by atoms with E-state index in [0.717, 1.165) is 0 Å². The molecular weight excluding hydrogens is 88.1 g/mol. The topological polar surface area (TPSA) is 20.2 Å². The molecule has 0 aliphatic rings. The predicted molar refractivity (Wildman–Crippen MR) is 26.9 cm³/mol. The van der Waals surface area contributed by atoms with Gasteiger partial charge in [-0.3, -0.25) is 0 Å². The van der Waals surface area contributed by atoms with Crippen LogP contribution in [-0.4, -0.2) is 5.11 Å². The molecule has 0 heterocycles. The van der Waals surface area contributed by atoms with Gasteiger partial charge in [0.05, 0.1) is 0 Å². The number of rotatable bonds is 0. The molecule has 1 heteroatoms. The van der Waals surface area contributed by atoms with Crippen LogP contribution in [0.5, 0.6) is 5.75 Å². The van der Waals surface area contributed by atoms with Crippen LogP contribution >= 0.6 is 0 Å². The molecule has 0 fully saturated rings. The monoisotopic (exact) mass is 93.0 g/mol. The van der Waals surface area contributed by atoms with Gasteiger partial charge in [0.15, 0.2) is 0 Å². The molecule has 1 radical (unpaired) electrons. The third-order valence-corrected chi connectivity index (χ3v) is 0.701. The molecule has 1 aromatic carbocycles. The molecule has 0 saturated heterocycles. The lowest BCUT2D eigenvalue weighted by Gasteiger charge is -1.81. The zero-order chi connectivity index (χ0) is 5.11. The van der Waals surface area contributed by atoms with Gasteiger partial charge in [0, 0.05) is 0 Å². The third-order valence-electron chi connectivity index (χ3n) is 0.701. The van der Waals surface area contributed by atoms with Gasteiger partial charge < -0.3 is 5.11 Å². The van der Waals surface area contributed by atoms with E-state index in [4.69, 9.17) is 5.11 Å². The maximum Gasteiger partial charge on any atom is 0.115 e. The SMILES string of the molecule is Oc1cc[c]cc1. The van der Waals surface area contributed by atoms with Crippen molar-refractivity contribution in [3.8, 4) is 5.75 Å². The van der Waals surface area contributed by atoms with Gasteiger partial charge in [0.2, 0.25) is 0 Å². The van der Waals surface area contributed by atoms with Crippen molar-refractivity contribution in [1.29, 1.82) is 0 Å². The van der Waals surface area contributed by atoms with Gasteiger partial charge in [-0.15, -0.1) is 0 Å². The number of hydrogen-bond donors (Lipinski definition) is 1. The van der Waals surface area contributed by atoms with Crippen LogP contribution in [0, 0.1) is 6.07 Å². The first-order valence-electron chi connectivity index (χ1n) is 2.04. The highest BCUT2D eigenvalue weighted by Gasteiger charge is 1.75. The molecule has 7 heavy (non-hydrogen) atoms. The van der Waals surface area contributed by atoms with E-state index in [1.807, 2.05) is 0 Å². The lowest BCUT2D eigenvalue weighted by molar-refractivity contribution is 0.475. The summed E-state index contributed by atoms with van der Waals surface area (Å²) in [6, 6.07) is 9.26. The van der Waals surface area contributed by atoms with Crippen LogP contribution in [0.1, 0.15) is 0 Å². The second kappa shape index (κ2) is 1.65. The van der Waals surface area contributed by atoms with Crippen molar-refractivity contribution in [2.24, 2.45) is 0 Å². The Hall–Kier alpha value is -0.980. The van der Waals surface area contributed by atoms with Crippen molar-refractivity contribution in [1.82, 2.24) is 0 Å². The number of benzene rings is 1. The van der Waals surface area contributed by atoms with E-state index >= 15 is 0 Å². The summed E-state index contributed by atoms with van der Waals surface area (Å²) in [6.45, 7) is 0. The average Bonchev–Trinajstić information content (AvgIpc) is 1.69. The molecule has 1 rings (SSSR count). The van der Waals surface area contributed by atoms with E-state index in [-0.39, 0.29) is 0 Å². The number of aromatic hydroxyl groups is 1. The van der Waals surface area contributed by atoms with E-state index in [9.17, 15) is 0 Å². The van der Waals surface area contributed by atoms with E-state index < -0.39 is 0 Å². The van der Waals surface area contributed by atoms with Crippen molar-refractivity contribution < 1.29 is 5.11 Å². The summed E-state index contributed by atoms with van der Waals surface area (Å²) >= 11 is 0. The number of phenols is 1. The van der Waals surface area contributed by atoms with Gasteiger partial charge >= 0.3 is 0 Å². The lowest BCUT2D eigenvalue weighted by atomic mass is 10.3. The number of phenolic OH excluding ortho intramolecular Hbond substituents is 1. The van der Waals surface area contributed by atoms with E-state index in [2.05, 4.69) is 6.07 Å². The van der Waals surface area contributed by atoms with E-state index in [1.165, 1.54) is 0 Å². The zero-order valence-corrected chi connectivity index (χ0v) is 3.76. The highest BCUT2D eigenvalue weighted by Crippen LogP contribution is 2.02. The molecule has 1 N–H and O–H groups in total. The quantitative estimate of drug-likeness (QED) is 0.510. The molecule has 1 aromatic rings. The molecular formula is C6H5O. The molecule has 0 amide bonds. The standard InChI is InChI=1S/C6H5O/c7-6-4-2-1-3-5-6/h2-5,7H. The molecule has 0 atom stereocenters. The van der Waals surface area contributed by atoms with Crippen LogP contribution in [0.3, 0.4) is 0 Å². The Morgan fingerprint density at radius 3 is 2.14 bits per heavy atom. The zero-order valence-electron chi connectivity index (χ0n) is 3.76. The Bertz CT molecular complexity index is 134. The first-order valence-corrected chi connectivity index (χ1v) is 2.04. The smallest absolute Gasteiger partial charge is 0.115 e. The minimum atomic E-state index is 0.291. The van der Waals surface area contributed by atoms with Gasteiger partial charge in [-0.25, -0.2) is 0 Å². The van der Waals surface area contributed by atoms with Crippen LogP contribution in [0.4, 0.5) is 0 Å². The van der Waals surface area contributed by atoms with Gasteiger partial charge in [0.1, 0.15) is 5.75 Å². The first kappa shape index (κ1) is 4.19. The highest BCUT2D eigenvalue weighted by molar-refractivity contribution is 5.17. The fourth-order valence-corrected chi connectivity index (χ4v) is 0.378. The maximum absolute atomic E-state index is 8.61. The Morgan fingerprint density at radius 1 is 1.29 bits per heavy atom. The van der Waals surface area contributed by atoms with Crippen LogP contribution in [0.15, 0.2) is 24.3 Å². The molecule has 0 aromatic heterocycles. The Morgan fingerprint density at radius 2 is 1.86 bits per heavy atom. The van der Waals surface area contributed by atoms with Gasteiger partial charge in [-0.1, -0.05) is 12.1 Å². The lowest BCUT2D eigenvalue weighted by Crippen LogP contribution is -1.57. The Kier molecular flexibility index (Phi) is 0.984. The van der Waals surface area contributed by atoms with E-state index in [0.29, 0.717) is 5.75 Å². The van der Waals surface area contributed by atoms with Gasteiger partial charge in [0.25, 0.3) is 0 Å². The van der Waals surface area contributed by atoms with Gasteiger partial charge in [-0.05, 0) is 18.2 Å². The second-order valence-corrected chi connectivity index (χ2v) is 1.26. The van der Waals surface area contributed by atoms with Crippen molar-refractivity contribution in [2.45, 2.75) is 0 Å². The highest BCUT2D eigenvalue weighted by atomic mass is 16.3. The molecule has 0 unspecified atom stereocenters. The third kappa shape index (κ3) is 0.929. The summed E-state index contributed by atoms with van der Waals surface area (Å²) in [5.41, 5.74) is 0. The first-order chi connectivity index (χ1) is 3.39. The largest absolute Gasteiger partial charge is 0.508 e. The molecule has 0 spiro atoms. The van der Waals surface area contributed by atoms with Crippen LogP contribution in [-0.2, 0) is 0 Å². The molecule has 0 aliphatic carbocycles. The van der Waals surface area contributed by atoms with Crippen LogP contribution < -0.4 is 0 Å². The summed E-state index contributed by atoms with van der Waals surface area (Å²) < 4.78 is 0. The second-order valence-electron chi connectivity index (χ2n) is 1.26. The molecule has 0 saturated carbocycles. The summed E-state index contributed by atoms with van der Waals surface area (Å²) in [6.07, 6.45) is 0. The maximum atomic E-state index is 8.61. The van der Waals surface area contributed by atoms with Crippen molar-refractivity contribution >= 4 is 0 Å². The van der Waals surface area contributed by atoms with Crippen molar-refractivity contribution in [2.75, 3.05) is 0 Å². The minimum Gasteiger partial charge on any atom is -0.508 e. The average molecular weight is 93.1 g/mol. The summed E-state index contributed by atoms with van der Waals surface area (Å²) in [5, 5.41) is 8.61. The molecule has 0 bridgehead atoms. The predicted octanol–water partition coefficient (Wildman–Crippen LogP) is 1.19. The summed E-state index contributed by atoms with van der Waals surface area (Å²) in [5.74, 6) is 0.291. The van der Waals surface area contributed by atoms with Gasteiger partial charge in [-0.2, -0.15) is 0 Å². The minimum absolute atomic E-state index is 0.291. The normalized spacial score (nSPS) is 8.57. The molecule has 1 nitrogen and oxygen atoms in total. The Labute approximate surface area is 42.2 Å². The molecule has 35 valence electrons. The fourth-order valence-electron chi connectivity index (χ4n) is 0.378. The van der Waals surface area contributed by atoms with E-state index in [1.54, 1.807) is 24.3 Å². The van der Waals surface area contributed by atoms with Crippen LogP contribution in [0.2, 0.25) is 0 Å². The number of hydrogen-bond acceptors (Lipinski definition) is 1. The molecule has 0 aliphatic heterocycles. The fraction of sp³-hybridized carbons (Fsp3) is 0.